The lowest BCUT2D eigenvalue weighted by Crippen LogP contribution is -2.24. The van der Waals surface area contributed by atoms with E-state index in [4.69, 9.17) is 4.74 Å². The molecule has 1 aliphatic rings. The minimum absolute atomic E-state index is 0.138. The van der Waals surface area contributed by atoms with Crippen LogP contribution in [0.5, 0.6) is 5.75 Å². The molecule has 0 aliphatic carbocycles. The summed E-state index contributed by atoms with van der Waals surface area (Å²) in [5, 5.41) is 3.03. The van der Waals surface area contributed by atoms with E-state index in [1.165, 1.54) is 12.1 Å². The van der Waals surface area contributed by atoms with E-state index in [1.807, 2.05) is 0 Å². The molecule has 0 atom stereocenters. The summed E-state index contributed by atoms with van der Waals surface area (Å²) in [5.74, 6) is 0.431. The molecule has 0 fully saturated rings. The van der Waals surface area contributed by atoms with E-state index >= 15 is 0 Å². The molecular formula is C11H14FN3O3S. The van der Waals surface area contributed by atoms with Crippen molar-refractivity contribution in [3.63, 3.8) is 0 Å². The number of hydrogen-bond acceptors (Lipinski definition) is 5. The Hall–Kier alpha value is -1.83. The van der Waals surface area contributed by atoms with Gasteiger partial charge in [-0.05, 0) is 12.1 Å². The normalized spacial score (nSPS) is 14.7. The molecule has 0 unspecified atom stereocenters. The molecule has 2 N–H and O–H groups in total. The molecule has 1 aromatic rings. The smallest absolute Gasteiger partial charge is 0.229 e. The molecule has 8 heteroatoms. The van der Waals surface area contributed by atoms with Crippen molar-refractivity contribution in [1.82, 2.24) is 5.32 Å². The van der Waals surface area contributed by atoms with E-state index in [-0.39, 0.29) is 12.3 Å². The third-order valence-corrected chi connectivity index (χ3v) is 2.94. The first-order valence-electron chi connectivity index (χ1n) is 5.61. The van der Waals surface area contributed by atoms with Gasteiger partial charge in [0.2, 0.25) is 10.0 Å². The number of anilines is 1. The first-order valence-corrected chi connectivity index (χ1v) is 7.50. The number of amidine groups is 1. The van der Waals surface area contributed by atoms with Gasteiger partial charge >= 0.3 is 0 Å². The second-order valence-electron chi connectivity index (χ2n) is 4.06. The van der Waals surface area contributed by atoms with Gasteiger partial charge in [-0.2, -0.15) is 0 Å². The summed E-state index contributed by atoms with van der Waals surface area (Å²) in [6.07, 6.45) is 0.956. The highest BCUT2D eigenvalue weighted by atomic mass is 32.2. The summed E-state index contributed by atoms with van der Waals surface area (Å²) in [5.41, 5.74) is -0.138. The summed E-state index contributed by atoms with van der Waals surface area (Å²) in [7, 11) is -3.53. The van der Waals surface area contributed by atoms with Crippen LogP contribution in [0.4, 0.5) is 10.1 Å². The van der Waals surface area contributed by atoms with Gasteiger partial charge in [-0.3, -0.25) is 9.71 Å². The van der Waals surface area contributed by atoms with E-state index < -0.39 is 15.8 Å². The molecule has 0 radical (unpaired) electrons. The second-order valence-corrected chi connectivity index (χ2v) is 5.81. The van der Waals surface area contributed by atoms with Gasteiger partial charge in [-0.25, -0.2) is 12.8 Å². The number of ether oxygens (including phenoxy) is 1. The Morgan fingerprint density at radius 3 is 2.95 bits per heavy atom. The maximum atomic E-state index is 13.4. The van der Waals surface area contributed by atoms with Gasteiger partial charge in [0.1, 0.15) is 24.0 Å². The largest absolute Gasteiger partial charge is 0.486 e. The number of nitrogens with zero attached hydrogens (tertiary/aromatic N) is 1. The highest BCUT2D eigenvalue weighted by molar-refractivity contribution is 7.92. The van der Waals surface area contributed by atoms with Crippen molar-refractivity contribution in [3.8, 4) is 5.75 Å². The lowest BCUT2D eigenvalue weighted by molar-refractivity contribution is 0.373. The number of sulfonamides is 1. The van der Waals surface area contributed by atoms with Crippen LogP contribution in [0.25, 0.3) is 0 Å². The Morgan fingerprint density at radius 1 is 1.53 bits per heavy atom. The van der Waals surface area contributed by atoms with E-state index in [2.05, 4.69) is 15.0 Å². The monoisotopic (exact) mass is 287 g/mol. The third-order valence-electron chi connectivity index (χ3n) is 2.35. The molecule has 0 saturated heterocycles. The number of benzene rings is 1. The number of rotatable bonds is 5. The van der Waals surface area contributed by atoms with Crippen LogP contribution in [0.3, 0.4) is 0 Å². The predicted octanol–water partition coefficient (Wildman–Crippen LogP) is 0.578. The van der Waals surface area contributed by atoms with Crippen LogP contribution in [0.1, 0.15) is 0 Å². The molecule has 104 valence electrons. The van der Waals surface area contributed by atoms with Gasteiger partial charge in [-0.15, -0.1) is 0 Å². The molecule has 6 nitrogen and oxygen atoms in total. The number of aliphatic imine (C=N–C) groups is 1. The van der Waals surface area contributed by atoms with Gasteiger partial charge < -0.3 is 10.1 Å². The number of nitrogens with one attached hydrogen (secondary N) is 2. The average molecular weight is 287 g/mol. The van der Waals surface area contributed by atoms with Crippen molar-refractivity contribution >= 4 is 21.5 Å². The van der Waals surface area contributed by atoms with Crippen molar-refractivity contribution in [2.24, 2.45) is 4.99 Å². The van der Waals surface area contributed by atoms with Crippen molar-refractivity contribution in [3.05, 3.63) is 24.0 Å². The fraction of sp³-hybridized carbons (Fsp3) is 0.364. The molecule has 0 amide bonds. The van der Waals surface area contributed by atoms with E-state index in [0.717, 1.165) is 24.7 Å². The maximum absolute atomic E-state index is 13.4. The van der Waals surface area contributed by atoms with Crippen molar-refractivity contribution in [2.75, 3.05) is 30.7 Å². The molecule has 0 bridgehead atoms. The van der Waals surface area contributed by atoms with Crippen LogP contribution < -0.4 is 14.8 Å². The zero-order valence-electron chi connectivity index (χ0n) is 10.3. The minimum Gasteiger partial charge on any atom is -0.486 e. The van der Waals surface area contributed by atoms with Crippen molar-refractivity contribution < 1.29 is 17.5 Å². The Balaban J connectivity index is 2.07. The lowest BCUT2D eigenvalue weighted by atomic mass is 10.3. The van der Waals surface area contributed by atoms with Crippen LogP contribution in [0, 0.1) is 5.82 Å². The van der Waals surface area contributed by atoms with E-state index in [9.17, 15) is 12.8 Å². The highest BCUT2D eigenvalue weighted by Gasteiger charge is 2.10. The topological polar surface area (TPSA) is 79.8 Å². The van der Waals surface area contributed by atoms with Gasteiger partial charge in [0, 0.05) is 12.6 Å². The Kier molecular flexibility index (Phi) is 3.89. The average Bonchev–Trinajstić information content (AvgIpc) is 2.81. The van der Waals surface area contributed by atoms with Crippen molar-refractivity contribution in [1.29, 1.82) is 0 Å². The second kappa shape index (κ2) is 5.43. The van der Waals surface area contributed by atoms with Crippen molar-refractivity contribution in [2.45, 2.75) is 0 Å². The van der Waals surface area contributed by atoms with Crippen LogP contribution in [0.2, 0.25) is 0 Å². The SMILES string of the molecule is CS(=O)(=O)Nc1cc(OCC2=NCCN2)ccc1F. The Labute approximate surface area is 110 Å². The van der Waals surface area contributed by atoms with Gasteiger partial charge in [-0.1, -0.05) is 0 Å². The highest BCUT2D eigenvalue weighted by Crippen LogP contribution is 2.22. The van der Waals surface area contributed by atoms with Crippen LogP contribution in [-0.4, -0.2) is 40.2 Å². The Bertz CT molecular complexity index is 601. The minimum atomic E-state index is -3.53. The van der Waals surface area contributed by atoms with E-state index in [0.29, 0.717) is 12.3 Å². The standard InChI is InChI=1S/C11H14FN3O3S/c1-19(16,17)15-10-6-8(2-3-9(10)12)18-7-11-13-4-5-14-11/h2-3,6,15H,4-5,7H2,1H3,(H,13,14). The Morgan fingerprint density at radius 2 is 2.32 bits per heavy atom. The first-order chi connectivity index (χ1) is 8.94. The molecule has 19 heavy (non-hydrogen) atoms. The number of hydrogen-bond donors (Lipinski definition) is 2. The molecule has 0 saturated carbocycles. The summed E-state index contributed by atoms with van der Waals surface area (Å²) in [6.45, 7) is 1.73. The van der Waals surface area contributed by atoms with Gasteiger partial charge in [0.25, 0.3) is 0 Å². The summed E-state index contributed by atoms with van der Waals surface area (Å²) >= 11 is 0. The maximum Gasteiger partial charge on any atom is 0.229 e. The summed E-state index contributed by atoms with van der Waals surface area (Å²) in [6, 6.07) is 3.87. The zero-order chi connectivity index (χ0) is 13.9. The predicted molar refractivity (Wildman–Crippen MR) is 70.7 cm³/mol. The van der Waals surface area contributed by atoms with Gasteiger partial charge in [0.05, 0.1) is 18.5 Å². The molecule has 2 rings (SSSR count). The van der Waals surface area contributed by atoms with Crippen LogP contribution in [0.15, 0.2) is 23.2 Å². The molecular weight excluding hydrogens is 273 g/mol. The molecule has 1 heterocycles. The summed E-state index contributed by atoms with van der Waals surface area (Å²) < 4.78 is 43.1. The van der Waals surface area contributed by atoms with Crippen LogP contribution in [-0.2, 0) is 10.0 Å². The van der Waals surface area contributed by atoms with E-state index in [1.54, 1.807) is 0 Å². The third kappa shape index (κ3) is 4.09. The fourth-order valence-electron chi connectivity index (χ4n) is 1.57. The fourth-order valence-corrected chi connectivity index (χ4v) is 2.12. The van der Waals surface area contributed by atoms with Gasteiger partial charge in [0.15, 0.2) is 0 Å². The zero-order valence-corrected chi connectivity index (χ0v) is 11.1. The quantitative estimate of drug-likeness (QED) is 0.830. The molecule has 0 aromatic heterocycles. The molecule has 0 spiro atoms. The number of halogens is 1. The molecule has 1 aromatic carbocycles. The lowest BCUT2D eigenvalue weighted by Gasteiger charge is -2.10. The van der Waals surface area contributed by atoms with Crippen LogP contribution >= 0.6 is 0 Å². The molecule has 1 aliphatic heterocycles. The first kappa shape index (κ1) is 13.6. The summed E-state index contributed by atoms with van der Waals surface area (Å²) in [4.78, 5) is 4.15.